The van der Waals surface area contributed by atoms with E-state index in [9.17, 15) is 5.11 Å². The van der Waals surface area contributed by atoms with Gasteiger partial charge in [-0.3, -0.25) is 0 Å². The average molecular weight is 269 g/mol. The van der Waals surface area contributed by atoms with E-state index in [1.54, 1.807) is 0 Å². The van der Waals surface area contributed by atoms with Crippen LogP contribution in [0.25, 0.3) is 0 Å². The van der Waals surface area contributed by atoms with Crippen molar-refractivity contribution in [2.24, 2.45) is 0 Å². The standard InChI is InChI=1S/C13H18OSe/c1-13(2)9-11(14)8-12(15-13)10-6-4-3-5-7-10/h3-7,11-12,14H,8-9H2,1-2H3/t11-,12+/m0/s1. The molecular weight excluding hydrogens is 251 g/mol. The maximum atomic E-state index is 9.89. The molecule has 0 bridgehead atoms. The Labute approximate surface area is 98.1 Å². The number of rotatable bonds is 1. The zero-order valence-electron chi connectivity index (χ0n) is 9.31. The van der Waals surface area contributed by atoms with Gasteiger partial charge in [0.15, 0.2) is 0 Å². The van der Waals surface area contributed by atoms with Crippen LogP contribution in [0.1, 0.15) is 37.1 Å². The molecule has 0 spiro atoms. The third-order valence-corrected chi connectivity index (χ3v) is 6.11. The molecule has 1 nitrogen and oxygen atoms in total. The minimum absolute atomic E-state index is 0.110. The minimum atomic E-state index is -0.110. The maximum absolute atomic E-state index is 9.89. The molecule has 1 aromatic rings. The van der Waals surface area contributed by atoms with Gasteiger partial charge in [0, 0.05) is 0 Å². The normalized spacial score (nSPS) is 30.1. The summed E-state index contributed by atoms with van der Waals surface area (Å²) < 4.78 is 0.338. The Bertz CT molecular complexity index is 321. The summed E-state index contributed by atoms with van der Waals surface area (Å²) in [5.41, 5.74) is 1.41. The van der Waals surface area contributed by atoms with Crippen molar-refractivity contribution in [2.75, 3.05) is 0 Å². The number of hydrogen-bond donors (Lipinski definition) is 1. The third-order valence-electron chi connectivity index (χ3n) is 2.85. The number of hydrogen-bond acceptors (Lipinski definition) is 1. The first kappa shape index (κ1) is 11.2. The summed E-state index contributed by atoms with van der Waals surface area (Å²) in [5, 5.41) is 9.89. The van der Waals surface area contributed by atoms with Gasteiger partial charge < -0.3 is 0 Å². The van der Waals surface area contributed by atoms with Crippen molar-refractivity contribution in [3.05, 3.63) is 35.9 Å². The van der Waals surface area contributed by atoms with Crippen LogP contribution in [0.15, 0.2) is 30.3 Å². The average Bonchev–Trinajstić information content (AvgIpc) is 2.16. The fourth-order valence-electron chi connectivity index (χ4n) is 2.25. The van der Waals surface area contributed by atoms with Gasteiger partial charge in [-0.15, -0.1) is 0 Å². The number of aliphatic hydroxyl groups excluding tert-OH is 1. The molecule has 0 saturated carbocycles. The SMILES string of the molecule is CC1(C)C[C@@H](O)C[C@H](c2ccccc2)[Se]1. The van der Waals surface area contributed by atoms with Gasteiger partial charge in [-0.1, -0.05) is 0 Å². The second-order valence-electron chi connectivity index (χ2n) is 4.87. The summed E-state index contributed by atoms with van der Waals surface area (Å²) in [6, 6.07) is 10.6. The molecule has 82 valence electrons. The summed E-state index contributed by atoms with van der Waals surface area (Å²) in [6.07, 6.45) is 1.81. The van der Waals surface area contributed by atoms with Crippen molar-refractivity contribution in [1.29, 1.82) is 0 Å². The van der Waals surface area contributed by atoms with Crippen LogP contribution >= 0.6 is 0 Å². The Morgan fingerprint density at radius 2 is 1.93 bits per heavy atom. The quantitative estimate of drug-likeness (QED) is 0.777. The Balaban J connectivity index is 2.17. The van der Waals surface area contributed by atoms with Crippen molar-refractivity contribution in [1.82, 2.24) is 0 Å². The molecule has 0 radical (unpaired) electrons. The third kappa shape index (κ3) is 2.84. The molecule has 1 N–H and O–H groups in total. The summed E-state index contributed by atoms with van der Waals surface area (Å²) in [4.78, 5) is 0.595. The van der Waals surface area contributed by atoms with Crippen molar-refractivity contribution in [3.8, 4) is 0 Å². The van der Waals surface area contributed by atoms with Crippen LogP contribution in [0.5, 0.6) is 0 Å². The van der Waals surface area contributed by atoms with E-state index in [-0.39, 0.29) is 6.10 Å². The Kier molecular flexibility index (Phi) is 3.20. The van der Waals surface area contributed by atoms with Gasteiger partial charge in [-0.05, 0) is 0 Å². The molecule has 2 atom stereocenters. The van der Waals surface area contributed by atoms with Gasteiger partial charge >= 0.3 is 97.9 Å². The molecule has 1 fully saturated rings. The monoisotopic (exact) mass is 270 g/mol. The molecule has 2 rings (SSSR count). The van der Waals surface area contributed by atoms with Crippen molar-refractivity contribution in [2.45, 2.75) is 41.9 Å². The van der Waals surface area contributed by atoms with E-state index in [1.807, 2.05) is 0 Å². The molecule has 0 aliphatic carbocycles. The van der Waals surface area contributed by atoms with Crippen LogP contribution in [0.4, 0.5) is 0 Å². The van der Waals surface area contributed by atoms with Crippen LogP contribution in [0, 0.1) is 0 Å². The number of aliphatic hydroxyl groups is 1. The van der Waals surface area contributed by atoms with E-state index in [0.717, 1.165) is 12.8 Å². The Morgan fingerprint density at radius 1 is 1.27 bits per heavy atom. The van der Waals surface area contributed by atoms with Crippen LogP contribution in [-0.4, -0.2) is 26.2 Å². The molecule has 1 aliphatic heterocycles. The van der Waals surface area contributed by atoms with Crippen molar-refractivity contribution < 1.29 is 5.11 Å². The van der Waals surface area contributed by atoms with E-state index in [4.69, 9.17) is 0 Å². The van der Waals surface area contributed by atoms with E-state index < -0.39 is 0 Å². The zero-order chi connectivity index (χ0) is 10.9. The molecule has 0 unspecified atom stereocenters. The molecule has 1 heterocycles. The van der Waals surface area contributed by atoms with E-state index >= 15 is 0 Å². The van der Waals surface area contributed by atoms with Crippen LogP contribution in [0.2, 0.25) is 4.31 Å². The van der Waals surface area contributed by atoms with E-state index in [2.05, 4.69) is 44.2 Å². The van der Waals surface area contributed by atoms with Crippen molar-refractivity contribution in [3.63, 3.8) is 0 Å². The predicted molar refractivity (Wildman–Crippen MR) is 64.2 cm³/mol. The van der Waals surface area contributed by atoms with Gasteiger partial charge in [-0.25, -0.2) is 0 Å². The number of benzene rings is 1. The van der Waals surface area contributed by atoms with Crippen LogP contribution in [0.3, 0.4) is 0 Å². The molecule has 2 heteroatoms. The summed E-state index contributed by atoms with van der Waals surface area (Å²) >= 11 is 0.591. The molecule has 1 aliphatic rings. The Hall–Kier alpha value is -0.301. The molecule has 0 aromatic heterocycles. The first-order valence-corrected chi connectivity index (χ1v) is 7.32. The summed E-state index contributed by atoms with van der Waals surface area (Å²) in [6.45, 7) is 4.57. The second kappa shape index (κ2) is 4.29. The van der Waals surface area contributed by atoms with Gasteiger partial charge in [0.2, 0.25) is 0 Å². The zero-order valence-corrected chi connectivity index (χ0v) is 11.0. The summed E-state index contributed by atoms with van der Waals surface area (Å²) in [5.74, 6) is 0. The molecule has 1 saturated heterocycles. The topological polar surface area (TPSA) is 20.2 Å². The van der Waals surface area contributed by atoms with Gasteiger partial charge in [0.05, 0.1) is 0 Å². The predicted octanol–water partition coefficient (Wildman–Crippen LogP) is 2.79. The van der Waals surface area contributed by atoms with Gasteiger partial charge in [0.1, 0.15) is 0 Å². The molecule has 15 heavy (non-hydrogen) atoms. The van der Waals surface area contributed by atoms with Gasteiger partial charge in [0.25, 0.3) is 0 Å². The molecule has 1 aromatic carbocycles. The van der Waals surface area contributed by atoms with E-state index in [1.165, 1.54) is 5.56 Å². The molecule has 0 amide bonds. The fraction of sp³-hybridized carbons (Fsp3) is 0.538. The fourth-order valence-corrected chi connectivity index (χ4v) is 5.76. The van der Waals surface area contributed by atoms with Gasteiger partial charge in [-0.2, -0.15) is 0 Å². The Morgan fingerprint density at radius 3 is 2.53 bits per heavy atom. The van der Waals surface area contributed by atoms with E-state index in [0.29, 0.717) is 24.1 Å². The van der Waals surface area contributed by atoms with Crippen LogP contribution in [-0.2, 0) is 0 Å². The summed E-state index contributed by atoms with van der Waals surface area (Å²) in [7, 11) is 0. The van der Waals surface area contributed by atoms with Crippen molar-refractivity contribution >= 4 is 15.0 Å². The first-order chi connectivity index (χ1) is 7.07. The second-order valence-corrected chi connectivity index (χ2v) is 8.88. The van der Waals surface area contributed by atoms with Crippen LogP contribution < -0.4 is 0 Å². The first-order valence-electron chi connectivity index (χ1n) is 5.48. The molecular formula is C13H18OSe.